The van der Waals surface area contributed by atoms with Gasteiger partial charge in [-0.05, 0) is 38.5 Å². The van der Waals surface area contributed by atoms with Crippen molar-refractivity contribution in [3.8, 4) is 0 Å². The maximum Gasteiger partial charge on any atom is 0.311 e. The topological polar surface area (TPSA) is 52.3 Å². The van der Waals surface area contributed by atoms with Crippen molar-refractivity contribution in [1.29, 1.82) is 0 Å². The third-order valence-corrected chi connectivity index (χ3v) is 4.09. The molecule has 74 valence electrons. The molecule has 3 nitrogen and oxygen atoms in total. The summed E-state index contributed by atoms with van der Waals surface area (Å²) in [7, 11) is 1.45. The predicted molar refractivity (Wildman–Crippen MR) is 49.0 cm³/mol. The van der Waals surface area contributed by atoms with E-state index in [1.54, 1.807) is 0 Å². The summed E-state index contributed by atoms with van der Waals surface area (Å²) in [5.74, 6) is -0.103. The fourth-order valence-electron chi connectivity index (χ4n) is 3.00. The zero-order chi connectivity index (χ0) is 9.91. The lowest BCUT2D eigenvalue weighted by Crippen LogP contribution is -2.77. The summed E-state index contributed by atoms with van der Waals surface area (Å²) in [4.78, 5) is 11.5. The first kappa shape index (κ1) is 9.00. The second-order valence-corrected chi connectivity index (χ2v) is 5.29. The molecular formula is C10H17NO2. The monoisotopic (exact) mass is 183 g/mol. The minimum atomic E-state index is -0.358. The number of ether oxygens (including phenoxy) is 1. The normalized spacial score (nSPS) is 41.8. The predicted octanol–water partition coefficient (Wildman–Crippen LogP) is 1.07. The van der Waals surface area contributed by atoms with Crippen molar-refractivity contribution in [2.75, 3.05) is 7.11 Å². The van der Waals surface area contributed by atoms with E-state index in [4.69, 9.17) is 10.5 Å². The van der Waals surface area contributed by atoms with Gasteiger partial charge in [0.15, 0.2) is 0 Å². The summed E-state index contributed by atoms with van der Waals surface area (Å²) in [6, 6.07) is 0. The van der Waals surface area contributed by atoms with Crippen LogP contribution < -0.4 is 5.73 Å². The van der Waals surface area contributed by atoms with E-state index in [1.165, 1.54) is 7.11 Å². The van der Waals surface area contributed by atoms with Gasteiger partial charge in [-0.3, -0.25) is 4.79 Å². The number of hydrogen-bond acceptors (Lipinski definition) is 3. The molecule has 0 aromatic heterocycles. The number of methoxy groups -OCH3 is 1. The molecule has 3 aliphatic carbocycles. The Morgan fingerprint density at radius 1 is 1.38 bits per heavy atom. The lowest BCUT2D eigenvalue weighted by Gasteiger charge is -2.73. The van der Waals surface area contributed by atoms with E-state index in [0.29, 0.717) is 0 Å². The molecule has 2 N–H and O–H groups in total. The fraction of sp³-hybridized carbons (Fsp3) is 0.900. The Labute approximate surface area is 78.6 Å². The summed E-state index contributed by atoms with van der Waals surface area (Å²) >= 11 is 0. The number of carbonyl (C=O) groups is 1. The van der Waals surface area contributed by atoms with Crippen LogP contribution >= 0.6 is 0 Å². The van der Waals surface area contributed by atoms with E-state index < -0.39 is 0 Å². The number of hydrogen-bond donors (Lipinski definition) is 1. The highest BCUT2D eigenvalue weighted by molar-refractivity contribution is 5.78. The van der Waals surface area contributed by atoms with Gasteiger partial charge in [0.1, 0.15) is 0 Å². The second-order valence-electron chi connectivity index (χ2n) is 5.29. The van der Waals surface area contributed by atoms with E-state index in [-0.39, 0.29) is 22.3 Å². The van der Waals surface area contributed by atoms with Crippen molar-refractivity contribution in [2.45, 2.75) is 38.6 Å². The molecule has 0 heterocycles. The number of esters is 1. The summed E-state index contributed by atoms with van der Waals surface area (Å²) in [5, 5.41) is 0. The molecule has 3 heteroatoms. The first-order valence-electron chi connectivity index (χ1n) is 4.73. The molecule has 0 atom stereocenters. The molecule has 0 saturated heterocycles. The summed E-state index contributed by atoms with van der Waals surface area (Å²) in [6.45, 7) is 3.94. The minimum Gasteiger partial charge on any atom is -0.469 e. The average molecular weight is 183 g/mol. The van der Waals surface area contributed by atoms with Crippen molar-refractivity contribution in [3.05, 3.63) is 0 Å². The molecule has 0 radical (unpaired) electrons. The highest BCUT2D eigenvalue weighted by Gasteiger charge is 2.73. The van der Waals surface area contributed by atoms with Crippen molar-refractivity contribution in [1.82, 2.24) is 0 Å². The third kappa shape index (κ3) is 0.857. The fourth-order valence-corrected chi connectivity index (χ4v) is 3.00. The molecule has 3 saturated carbocycles. The quantitative estimate of drug-likeness (QED) is 0.651. The van der Waals surface area contributed by atoms with Gasteiger partial charge in [0.05, 0.1) is 12.5 Å². The van der Waals surface area contributed by atoms with Crippen LogP contribution in [-0.4, -0.2) is 18.6 Å². The van der Waals surface area contributed by atoms with Crippen LogP contribution in [0.25, 0.3) is 0 Å². The van der Waals surface area contributed by atoms with E-state index >= 15 is 0 Å². The van der Waals surface area contributed by atoms with Crippen LogP contribution in [0.2, 0.25) is 0 Å². The lowest BCUT2D eigenvalue weighted by molar-refractivity contribution is -0.219. The molecule has 0 unspecified atom stereocenters. The van der Waals surface area contributed by atoms with Gasteiger partial charge in [-0.15, -0.1) is 0 Å². The first-order valence-corrected chi connectivity index (χ1v) is 4.73. The molecule has 0 spiro atoms. The van der Waals surface area contributed by atoms with Crippen molar-refractivity contribution in [3.63, 3.8) is 0 Å². The molecule has 0 aliphatic heterocycles. The maximum absolute atomic E-state index is 11.5. The van der Waals surface area contributed by atoms with Gasteiger partial charge in [0.2, 0.25) is 0 Å². The molecule has 3 rings (SSSR count). The van der Waals surface area contributed by atoms with Gasteiger partial charge in [-0.2, -0.15) is 0 Å². The van der Waals surface area contributed by atoms with Gasteiger partial charge in [-0.25, -0.2) is 0 Å². The van der Waals surface area contributed by atoms with Crippen LogP contribution in [0.5, 0.6) is 0 Å². The Bertz CT molecular complexity index is 250. The molecule has 0 aromatic rings. The van der Waals surface area contributed by atoms with Gasteiger partial charge in [0, 0.05) is 5.54 Å². The Morgan fingerprint density at radius 3 is 2.15 bits per heavy atom. The zero-order valence-corrected chi connectivity index (χ0v) is 8.52. The molecule has 2 bridgehead atoms. The standard InChI is InChI=1S/C10H17NO2/c1-8(2,7(12)13-3)9-4-10(11,5-9)6-9/h4-6,11H2,1-3H3. The first-order chi connectivity index (χ1) is 5.85. The molecular weight excluding hydrogens is 166 g/mol. The summed E-state index contributed by atoms with van der Waals surface area (Å²) in [5.41, 5.74) is 5.81. The molecule has 13 heavy (non-hydrogen) atoms. The third-order valence-electron chi connectivity index (χ3n) is 4.09. The van der Waals surface area contributed by atoms with E-state index in [9.17, 15) is 4.79 Å². The van der Waals surface area contributed by atoms with E-state index in [0.717, 1.165) is 19.3 Å². The number of nitrogens with two attached hydrogens (primary N) is 1. The van der Waals surface area contributed by atoms with E-state index in [1.807, 2.05) is 13.8 Å². The smallest absolute Gasteiger partial charge is 0.311 e. The summed E-state index contributed by atoms with van der Waals surface area (Å²) < 4.78 is 4.81. The molecule has 3 aliphatic rings. The van der Waals surface area contributed by atoms with Crippen LogP contribution in [-0.2, 0) is 9.53 Å². The molecule has 0 amide bonds. The Morgan fingerprint density at radius 2 is 1.85 bits per heavy atom. The summed E-state index contributed by atoms with van der Waals surface area (Å²) in [6.07, 6.45) is 2.96. The van der Waals surface area contributed by atoms with Crippen LogP contribution in [0.3, 0.4) is 0 Å². The van der Waals surface area contributed by atoms with Crippen LogP contribution in [0.4, 0.5) is 0 Å². The van der Waals surface area contributed by atoms with Crippen molar-refractivity contribution in [2.24, 2.45) is 16.6 Å². The Hall–Kier alpha value is -0.570. The van der Waals surface area contributed by atoms with Crippen LogP contribution in [0, 0.1) is 10.8 Å². The molecule has 3 fully saturated rings. The van der Waals surface area contributed by atoms with Crippen molar-refractivity contribution < 1.29 is 9.53 Å². The van der Waals surface area contributed by atoms with Crippen LogP contribution in [0.15, 0.2) is 0 Å². The highest BCUT2D eigenvalue weighted by atomic mass is 16.5. The Kier molecular flexibility index (Phi) is 1.44. The van der Waals surface area contributed by atoms with Gasteiger partial charge in [0.25, 0.3) is 0 Å². The maximum atomic E-state index is 11.5. The zero-order valence-electron chi connectivity index (χ0n) is 8.52. The minimum absolute atomic E-state index is 0.0608. The van der Waals surface area contributed by atoms with Crippen molar-refractivity contribution >= 4 is 5.97 Å². The van der Waals surface area contributed by atoms with Gasteiger partial charge < -0.3 is 10.5 Å². The highest BCUT2D eigenvalue weighted by Crippen LogP contribution is 2.73. The van der Waals surface area contributed by atoms with Gasteiger partial charge >= 0.3 is 5.97 Å². The second kappa shape index (κ2) is 2.08. The number of carbonyl (C=O) groups excluding carboxylic acids is 1. The van der Waals surface area contributed by atoms with Crippen LogP contribution in [0.1, 0.15) is 33.1 Å². The van der Waals surface area contributed by atoms with Gasteiger partial charge in [-0.1, -0.05) is 0 Å². The number of rotatable bonds is 2. The average Bonchev–Trinajstić information content (AvgIpc) is 1.94. The van der Waals surface area contributed by atoms with E-state index in [2.05, 4.69) is 0 Å². The SMILES string of the molecule is COC(=O)C(C)(C)C12CC(N)(C1)C2. The largest absolute Gasteiger partial charge is 0.469 e. The molecule has 0 aromatic carbocycles. The lowest BCUT2D eigenvalue weighted by atomic mass is 9.33. The Balaban J connectivity index is 2.13.